The van der Waals surface area contributed by atoms with Crippen molar-refractivity contribution in [3.05, 3.63) is 85.1 Å². The van der Waals surface area contributed by atoms with Gasteiger partial charge >= 0.3 is 0 Å². The van der Waals surface area contributed by atoms with Crippen molar-refractivity contribution < 1.29 is 64.6 Å². The Kier molecular flexibility index (Phi) is 55.4. The van der Waals surface area contributed by atoms with Crippen LogP contribution in [0.2, 0.25) is 0 Å². The van der Waals surface area contributed by atoms with Crippen molar-refractivity contribution in [2.24, 2.45) is 0 Å². The highest BCUT2D eigenvalue weighted by Crippen LogP contribution is 2.30. The highest BCUT2D eigenvalue weighted by molar-refractivity contribution is 5.76. The largest absolute Gasteiger partial charge is 0.394 e. The quantitative estimate of drug-likeness (QED) is 0.0204. The smallest absolute Gasteiger partial charge is 0.220 e. The standard InChI is InChI=1S/C76H135NO13/c1-3-5-7-9-11-13-15-17-19-21-23-25-26-27-28-29-30-31-32-33-34-35-36-37-38-40-42-44-46-48-50-52-54-56-58-60-68(81)77-64(65(80)59-57-55-53-51-49-47-45-43-41-39-24-22-20-18-16-14-12-10-8-6-4-2)63-87-75-73(86)71(84)74(67(62-79)89-75)90-76-72(85)70(83)69(82)66(61-78)88-76/h5,7,11,13,17,19,23,25,27-28,30-31,33-34,64-67,69-76,78-80,82-86H,3-4,6,8-10,12,14-16,18,20-22,24,26,29,32,35-63H2,1-2H3,(H,77,81)/b7-5-,13-11-,19-17-,25-23-,28-27-,31-30-,34-33-. The number of nitrogens with one attached hydrogen (secondary N) is 1. The normalized spacial score (nSPS) is 23.4. The van der Waals surface area contributed by atoms with Gasteiger partial charge in [0.15, 0.2) is 12.6 Å². The van der Waals surface area contributed by atoms with E-state index in [2.05, 4.69) is 104 Å². The molecule has 2 aliphatic rings. The van der Waals surface area contributed by atoms with Crippen molar-refractivity contribution in [3.8, 4) is 0 Å². The summed E-state index contributed by atoms with van der Waals surface area (Å²) >= 11 is 0. The molecule has 1 amide bonds. The molecule has 2 heterocycles. The summed E-state index contributed by atoms with van der Waals surface area (Å²) in [4.78, 5) is 13.4. The van der Waals surface area contributed by atoms with Crippen LogP contribution in [0.25, 0.3) is 0 Å². The molecule has 14 heteroatoms. The molecule has 90 heavy (non-hydrogen) atoms. The lowest BCUT2D eigenvalue weighted by molar-refractivity contribution is -0.359. The van der Waals surface area contributed by atoms with E-state index in [4.69, 9.17) is 18.9 Å². The molecule has 12 unspecified atom stereocenters. The van der Waals surface area contributed by atoms with E-state index >= 15 is 0 Å². The molecule has 14 nitrogen and oxygen atoms in total. The van der Waals surface area contributed by atoms with Gasteiger partial charge in [0.05, 0.1) is 32.0 Å². The van der Waals surface area contributed by atoms with Crippen molar-refractivity contribution in [1.82, 2.24) is 5.32 Å². The first-order valence-electron chi connectivity index (χ1n) is 36.8. The molecule has 0 bridgehead atoms. The first-order valence-corrected chi connectivity index (χ1v) is 36.8. The molecule has 0 aromatic rings. The van der Waals surface area contributed by atoms with Crippen molar-refractivity contribution in [1.29, 1.82) is 0 Å². The Hall–Kier alpha value is -2.83. The highest BCUT2D eigenvalue weighted by atomic mass is 16.7. The second-order valence-electron chi connectivity index (χ2n) is 25.7. The molecule has 0 saturated carbocycles. The Morgan fingerprint density at radius 1 is 0.411 bits per heavy atom. The van der Waals surface area contributed by atoms with E-state index in [0.717, 1.165) is 103 Å². The maximum Gasteiger partial charge on any atom is 0.220 e. The SMILES string of the molecule is CC/C=C\C/C=C\C/C=C\C/C=C\C/C=C\C/C=C\C/C=C\CCCCCCCCCCCCCCCC(=O)NC(COC1OC(CO)C(OC2OC(CO)C(O)C(O)C2O)C(O)C1O)C(O)CCCCCCCCCCCCCCCCCCCCCCC. The lowest BCUT2D eigenvalue weighted by Gasteiger charge is -2.46. The lowest BCUT2D eigenvalue weighted by atomic mass is 9.97. The van der Waals surface area contributed by atoms with Crippen LogP contribution in [0.1, 0.15) is 296 Å². The molecule has 0 aromatic carbocycles. The summed E-state index contributed by atoms with van der Waals surface area (Å²) in [6, 6.07) is -0.835. The van der Waals surface area contributed by atoms with Gasteiger partial charge in [-0.3, -0.25) is 4.79 Å². The third kappa shape index (κ3) is 43.2. The van der Waals surface area contributed by atoms with Crippen LogP contribution in [0.15, 0.2) is 85.1 Å². The average Bonchev–Trinajstić information content (AvgIpc) is 1.28. The predicted octanol–water partition coefficient (Wildman–Crippen LogP) is 15.6. The van der Waals surface area contributed by atoms with E-state index in [1.165, 1.54) is 167 Å². The number of amides is 1. The number of rotatable bonds is 60. The van der Waals surface area contributed by atoms with E-state index < -0.39 is 86.8 Å². The Balaban J connectivity index is 1.63. The van der Waals surface area contributed by atoms with Gasteiger partial charge < -0.3 is 65.1 Å². The van der Waals surface area contributed by atoms with Crippen molar-refractivity contribution >= 4 is 5.91 Å². The topological polar surface area (TPSA) is 228 Å². The zero-order chi connectivity index (χ0) is 65.2. The van der Waals surface area contributed by atoms with Gasteiger partial charge in [-0.2, -0.15) is 0 Å². The van der Waals surface area contributed by atoms with Gasteiger partial charge in [-0.1, -0.05) is 304 Å². The number of unbranched alkanes of at least 4 members (excludes halogenated alkanes) is 33. The van der Waals surface area contributed by atoms with E-state index in [1.54, 1.807) is 0 Å². The molecule has 0 aromatic heterocycles. The number of aliphatic hydroxyl groups is 8. The molecule has 0 spiro atoms. The number of aliphatic hydroxyl groups excluding tert-OH is 8. The van der Waals surface area contributed by atoms with Crippen LogP contribution in [0.4, 0.5) is 0 Å². The minimum Gasteiger partial charge on any atom is -0.394 e. The Morgan fingerprint density at radius 2 is 0.767 bits per heavy atom. The van der Waals surface area contributed by atoms with Gasteiger partial charge in [0.25, 0.3) is 0 Å². The monoisotopic (exact) mass is 1270 g/mol. The van der Waals surface area contributed by atoms with Crippen LogP contribution in [0, 0.1) is 0 Å². The zero-order valence-electron chi connectivity index (χ0n) is 56.9. The zero-order valence-corrected chi connectivity index (χ0v) is 56.9. The molecular weight excluding hydrogens is 1130 g/mol. The number of ether oxygens (including phenoxy) is 4. The van der Waals surface area contributed by atoms with Gasteiger partial charge in [0.1, 0.15) is 48.8 Å². The molecule has 2 rings (SSSR count). The van der Waals surface area contributed by atoms with Gasteiger partial charge in [-0.15, -0.1) is 0 Å². The second kappa shape index (κ2) is 59.9. The summed E-state index contributed by atoms with van der Waals surface area (Å²) in [7, 11) is 0. The average molecular weight is 1270 g/mol. The molecular formula is C76H135NO13. The van der Waals surface area contributed by atoms with Crippen LogP contribution in [0.3, 0.4) is 0 Å². The van der Waals surface area contributed by atoms with Crippen LogP contribution in [-0.2, 0) is 23.7 Å². The van der Waals surface area contributed by atoms with Gasteiger partial charge in [0, 0.05) is 6.42 Å². The number of carbonyl (C=O) groups excluding carboxylic acids is 1. The number of allylic oxidation sites excluding steroid dienone is 14. The second-order valence-corrected chi connectivity index (χ2v) is 25.7. The molecule has 12 atom stereocenters. The Bertz CT molecular complexity index is 1830. The number of hydrogen-bond acceptors (Lipinski definition) is 13. The van der Waals surface area contributed by atoms with E-state index in [9.17, 15) is 45.6 Å². The van der Waals surface area contributed by atoms with E-state index in [0.29, 0.717) is 12.8 Å². The van der Waals surface area contributed by atoms with E-state index in [1.807, 2.05) is 0 Å². The molecule has 2 aliphatic heterocycles. The first-order chi connectivity index (χ1) is 44.1. The molecule has 522 valence electrons. The fourth-order valence-corrected chi connectivity index (χ4v) is 11.8. The molecule has 2 fully saturated rings. The summed E-state index contributed by atoms with van der Waals surface area (Å²) in [6.45, 7) is 2.78. The van der Waals surface area contributed by atoms with Crippen LogP contribution in [0.5, 0.6) is 0 Å². The summed E-state index contributed by atoms with van der Waals surface area (Å²) in [5.74, 6) is -0.207. The van der Waals surface area contributed by atoms with Gasteiger partial charge in [-0.25, -0.2) is 0 Å². The summed E-state index contributed by atoms with van der Waals surface area (Å²) < 4.78 is 22.9. The van der Waals surface area contributed by atoms with Gasteiger partial charge in [0.2, 0.25) is 5.91 Å². The molecule has 9 N–H and O–H groups in total. The first kappa shape index (κ1) is 83.3. The Labute approximate surface area is 548 Å². The minimum absolute atomic E-state index is 0.207. The summed E-state index contributed by atoms with van der Waals surface area (Å²) in [5.41, 5.74) is 0. The highest BCUT2D eigenvalue weighted by Gasteiger charge is 2.51. The molecule has 0 aliphatic carbocycles. The number of hydrogen-bond donors (Lipinski definition) is 9. The van der Waals surface area contributed by atoms with Crippen molar-refractivity contribution in [2.75, 3.05) is 19.8 Å². The number of carbonyl (C=O) groups is 1. The van der Waals surface area contributed by atoms with Crippen molar-refractivity contribution in [3.63, 3.8) is 0 Å². The van der Waals surface area contributed by atoms with E-state index in [-0.39, 0.29) is 12.5 Å². The van der Waals surface area contributed by atoms with Crippen molar-refractivity contribution in [2.45, 2.75) is 370 Å². The predicted molar refractivity (Wildman–Crippen MR) is 369 cm³/mol. The Morgan fingerprint density at radius 3 is 1.18 bits per heavy atom. The fourth-order valence-electron chi connectivity index (χ4n) is 11.8. The van der Waals surface area contributed by atoms with Crippen LogP contribution < -0.4 is 5.32 Å². The third-order valence-corrected chi connectivity index (χ3v) is 17.6. The summed E-state index contributed by atoms with van der Waals surface area (Å²) in [5, 5.41) is 87.7. The fraction of sp³-hybridized carbons (Fsp3) is 0.803. The van der Waals surface area contributed by atoms with Gasteiger partial charge in [-0.05, 0) is 70.6 Å². The molecule has 2 saturated heterocycles. The lowest BCUT2D eigenvalue weighted by Crippen LogP contribution is -2.65. The molecule has 0 radical (unpaired) electrons. The maximum atomic E-state index is 13.4. The maximum absolute atomic E-state index is 13.4. The van der Waals surface area contributed by atoms with Crippen LogP contribution >= 0.6 is 0 Å². The summed E-state index contributed by atoms with van der Waals surface area (Å²) in [6.07, 6.45) is 65.9. The minimum atomic E-state index is -1.79. The van der Waals surface area contributed by atoms with Crippen LogP contribution in [-0.4, -0.2) is 140 Å². The third-order valence-electron chi connectivity index (χ3n) is 17.6.